The molecule has 0 aliphatic carbocycles. The molecule has 0 saturated heterocycles. The third kappa shape index (κ3) is 7.65. The summed E-state index contributed by atoms with van der Waals surface area (Å²) in [6.07, 6.45) is 7.48. The Morgan fingerprint density at radius 2 is 1.94 bits per heavy atom. The van der Waals surface area contributed by atoms with Gasteiger partial charge in [0.1, 0.15) is 0 Å². The second-order valence-electron chi connectivity index (χ2n) is 3.44. The molecular weight excluding hydrogens is 250 g/mol. The summed E-state index contributed by atoms with van der Waals surface area (Å²) in [5.41, 5.74) is 6.37. The topological polar surface area (TPSA) is 52.3 Å². The lowest BCUT2D eigenvalue weighted by molar-refractivity contribution is -0.137. The van der Waals surface area contributed by atoms with Crippen LogP contribution in [0.5, 0.6) is 0 Å². The molecule has 0 amide bonds. The Kier molecular flexibility index (Phi) is 9.64. The Morgan fingerprint density at radius 3 is 2.61 bits per heavy atom. The molecule has 0 spiro atoms. The van der Waals surface area contributed by atoms with Crippen molar-refractivity contribution in [2.24, 2.45) is 5.73 Å². The van der Waals surface area contributed by atoms with Gasteiger partial charge in [-0.25, -0.2) is 4.79 Å². The van der Waals surface area contributed by atoms with Gasteiger partial charge in [-0.1, -0.05) is 48.6 Å². The monoisotopic (exact) mass is 267 g/mol. The molecule has 0 radical (unpaired) electrons. The molecule has 0 saturated carbocycles. The highest BCUT2D eigenvalue weighted by Gasteiger charge is 1.93. The van der Waals surface area contributed by atoms with Crippen LogP contribution in [0.4, 0.5) is 0 Å². The lowest BCUT2D eigenvalue weighted by Gasteiger charge is -1.98. The van der Waals surface area contributed by atoms with Gasteiger partial charge in [-0.05, 0) is 18.5 Å². The van der Waals surface area contributed by atoms with Gasteiger partial charge in [0.2, 0.25) is 0 Å². The summed E-state index contributed by atoms with van der Waals surface area (Å²) in [4.78, 5) is 11.1. The third-order valence-electron chi connectivity index (χ3n) is 2.02. The van der Waals surface area contributed by atoms with Crippen molar-refractivity contribution < 1.29 is 9.53 Å². The smallest absolute Gasteiger partial charge is 0.330 e. The number of carbonyl (C=O) groups is 1. The highest BCUT2D eigenvalue weighted by atomic mass is 35.5. The van der Waals surface area contributed by atoms with Crippen LogP contribution >= 0.6 is 12.4 Å². The molecule has 1 aromatic carbocycles. The van der Waals surface area contributed by atoms with Crippen molar-refractivity contribution in [3.05, 3.63) is 54.1 Å². The van der Waals surface area contributed by atoms with E-state index < -0.39 is 0 Å². The minimum Gasteiger partial charge on any atom is -0.462 e. The number of ether oxygens (including phenoxy) is 1. The summed E-state index contributed by atoms with van der Waals surface area (Å²) in [7, 11) is 0. The molecule has 0 aromatic heterocycles. The lowest BCUT2D eigenvalue weighted by Crippen LogP contribution is -2.07. The van der Waals surface area contributed by atoms with Crippen LogP contribution in [0.15, 0.2) is 48.6 Å². The second-order valence-corrected chi connectivity index (χ2v) is 3.44. The van der Waals surface area contributed by atoms with Crippen LogP contribution in [0.2, 0.25) is 0 Å². The largest absolute Gasteiger partial charge is 0.462 e. The predicted molar refractivity (Wildman–Crippen MR) is 76.5 cm³/mol. The number of benzene rings is 1. The van der Waals surface area contributed by atoms with E-state index in [9.17, 15) is 4.79 Å². The molecule has 1 rings (SSSR count). The molecule has 0 atom stereocenters. The number of nitrogens with two attached hydrogens (primary N) is 1. The van der Waals surface area contributed by atoms with Crippen LogP contribution in [-0.4, -0.2) is 19.1 Å². The molecular formula is C14H18ClNO2. The van der Waals surface area contributed by atoms with Gasteiger partial charge in [0.05, 0.1) is 6.61 Å². The van der Waals surface area contributed by atoms with Crippen LogP contribution in [0.1, 0.15) is 12.0 Å². The van der Waals surface area contributed by atoms with Gasteiger partial charge < -0.3 is 10.5 Å². The molecule has 0 fully saturated rings. The van der Waals surface area contributed by atoms with Crippen LogP contribution < -0.4 is 5.73 Å². The molecule has 0 heterocycles. The summed E-state index contributed by atoms with van der Waals surface area (Å²) in [5, 5.41) is 0. The maximum Gasteiger partial charge on any atom is 0.330 e. The first-order chi connectivity index (χ1) is 8.33. The fourth-order valence-electron chi connectivity index (χ4n) is 1.17. The Morgan fingerprint density at radius 1 is 1.22 bits per heavy atom. The van der Waals surface area contributed by atoms with E-state index in [1.165, 1.54) is 6.08 Å². The van der Waals surface area contributed by atoms with E-state index in [1.54, 1.807) is 12.2 Å². The number of esters is 1. The van der Waals surface area contributed by atoms with Crippen LogP contribution in [0.3, 0.4) is 0 Å². The molecule has 0 aliphatic heterocycles. The number of carbonyl (C=O) groups excluding carboxylic acids is 1. The molecule has 4 heteroatoms. The zero-order valence-corrected chi connectivity index (χ0v) is 10.9. The van der Waals surface area contributed by atoms with E-state index in [2.05, 4.69) is 0 Å². The van der Waals surface area contributed by atoms with Crippen molar-refractivity contribution in [1.29, 1.82) is 0 Å². The fraction of sp³-hybridized carbons (Fsp3) is 0.214. The average molecular weight is 268 g/mol. The van der Waals surface area contributed by atoms with E-state index in [0.717, 1.165) is 5.56 Å². The van der Waals surface area contributed by atoms with Crippen LogP contribution in [0, 0.1) is 0 Å². The quantitative estimate of drug-likeness (QED) is 0.373. The summed E-state index contributed by atoms with van der Waals surface area (Å²) in [6, 6.07) is 9.87. The number of hydrogen-bond acceptors (Lipinski definition) is 3. The summed E-state index contributed by atoms with van der Waals surface area (Å²) in [6.45, 7) is 0.910. The van der Waals surface area contributed by atoms with Crippen molar-refractivity contribution in [1.82, 2.24) is 0 Å². The molecule has 0 aliphatic rings. The molecule has 0 unspecified atom stereocenters. The highest BCUT2D eigenvalue weighted by molar-refractivity contribution is 5.85. The minimum absolute atomic E-state index is 0. The van der Waals surface area contributed by atoms with Gasteiger partial charge in [-0.15, -0.1) is 12.4 Å². The molecule has 2 N–H and O–H groups in total. The molecule has 18 heavy (non-hydrogen) atoms. The van der Waals surface area contributed by atoms with Crippen molar-refractivity contribution in [2.45, 2.75) is 6.42 Å². The maximum atomic E-state index is 11.1. The Bertz CT molecular complexity index is 388. The zero-order valence-electron chi connectivity index (χ0n) is 10.1. The van der Waals surface area contributed by atoms with Crippen molar-refractivity contribution in [3.8, 4) is 0 Å². The van der Waals surface area contributed by atoms with E-state index in [0.29, 0.717) is 19.6 Å². The highest BCUT2D eigenvalue weighted by Crippen LogP contribution is 2.00. The first kappa shape index (κ1) is 16.4. The Balaban J connectivity index is 0.00000289. The van der Waals surface area contributed by atoms with Gasteiger partial charge >= 0.3 is 5.97 Å². The molecule has 3 nitrogen and oxygen atoms in total. The fourth-order valence-corrected chi connectivity index (χ4v) is 1.17. The van der Waals surface area contributed by atoms with Gasteiger partial charge in [0, 0.05) is 6.08 Å². The first-order valence-electron chi connectivity index (χ1n) is 5.59. The van der Waals surface area contributed by atoms with E-state index >= 15 is 0 Å². The molecule has 98 valence electrons. The van der Waals surface area contributed by atoms with Crippen LogP contribution in [-0.2, 0) is 9.53 Å². The summed E-state index contributed by atoms with van der Waals surface area (Å²) < 4.78 is 4.90. The summed E-state index contributed by atoms with van der Waals surface area (Å²) in [5.74, 6) is -0.337. The predicted octanol–water partition coefficient (Wildman–Crippen LogP) is 2.57. The van der Waals surface area contributed by atoms with Gasteiger partial charge in [-0.2, -0.15) is 0 Å². The van der Waals surface area contributed by atoms with E-state index in [-0.39, 0.29) is 18.4 Å². The molecule has 0 bridgehead atoms. The van der Waals surface area contributed by atoms with Gasteiger partial charge in [-0.3, -0.25) is 0 Å². The standard InChI is InChI=1S/C14H17NO2.ClH/c15-11-6-12-17-14(16)10-5-4-9-13-7-2-1-3-8-13;/h1-5,7-10H,6,11-12,15H2;1H/b9-4+,10-5+;. The number of allylic oxidation sites excluding steroid dienone is 2. The lowest BCUT2D eigenvalue weighted by atomic mass is 10.2. The zero-order chi connectivity index (χ0) is 12.3. The minimum atomic E-state index is -0.337. The van der Waals surface area contributed by atoms with Gasteiger partial charge in [0.15, 0.2) is 0 Å². The van der Waals surface area contributed by atoms with E-state index in [1.807, 2.05) is 36.4 Å². The Hall–Kier alpha value is -1.58. The average Bonchev–Trinajstić information content (AvgIpc) is 2.36. The van der Waals surface area contributed by atoms with Crippen LogP contribution in [0.25, 0.3) is 6.08 Å². The number of hydrogen-bond donors (Lipinski definition) is 1. The normalized spacial score (nSPS) is 10.5. The second kappa shape index (κ2) is 10.6. The van der Waals surface area contributed by atoms with Crippen molar-refractivity contribution in [2.75, 3.05) is 13.2 Å². The van der Waals surface area contributed by atoms with Crippen molar-refractivity contribution in [3.63, 3.8) is 0 Å². The number of rotatable bonds is 6. The first-order valence-corrected chi connectivity index (χ1v) is 5.59. The maximum absolute atomic E-state index is 11.1. The van der Waals surface area contributed by atoms with E-state index in [4.69, 9.17) is 10.5 Å². The van der Waals surface area contributed by atoms with Crippen molar-refractivity contribution >= 4 is 24.5 Å². The third-order valence-corrected chi connectivity index (χ3v) is 2.02. The Labute approximate surface area is 114 Å². The SMILES string of the molecule is Cl.NCCCOC(=O)/C=C/C=C/c1ccccc1. The summed E-state index contributed by atoms with van der Waals surface area (Å²) >= 11 is 0. The number of halogens is 1. The van der Waals surface area contributed by atoms with Gasteiger partial charge in [0.25, 0.3) is 0 Å². The molecule has 1 aromatic rings.